The summed E-state index contributed by atoms with van der Waals surface area (Å²) in [5.74, 6) is -1.60. The van der Waals surface area contributed by atoms with Crippen molar-refractivity contribution < 1.29 is 23.1 Å². The number of carbonyl (C=O) groups is 1. The maximum atomic E-state index is 14.8. The first-order chi connectivity index (χ1) is 20.8. The number of urea groups is 1. The predicted molar refractivity (Wildman–Crippen MR) is 157 cm³/mol. The molecule has 0 aliphatic carbocycles. The van der Waals surface area contributed by atoms with Crippen LogP contribution in [0, 0.1) is 11.6 Å². The van der Waals surface area contributed by atoms with E-state index in [1.807, 2.05) is 0 Å². The molecular weight excluding hydrogens is 584 g/mol. The molecule has 2 aromatic carbocycles. The van der Waals surface area contributed by atoms with E-state index in [-0.39, 0.29) is 34.0 Å². The lowest BCUT2D eigenvalue weighted by atomic mass is 10.1. The highest BCUT2D eigenvalue weighted by atomic mass is 32.1. The van der Waals surface area contributed by atoms with Gasteiger partial charge in [-0.1, -0.05) is 18.2 Å². The number of ether oxygens (including phenoxy) is 1. The van der Waals surface area contributed by atoms with Gasteiger partial charge in [-0.15, -0.1) is 21.5 Å². The summed E-state index contributed by atoms with van der Waals surface area (Å²) >= 11 is 1.13. The normalized spacial score (nSPS) is 11.1. The van der Waals surface area contributed by atoms with Crippen LogP contribution in [0.1, 0.15) is 11.1 Å². The van der Waals surface area contributed by atoms with Gasteiger partial charge in [0.05, 0.1) is 26.2 Å². The Morgan fingerprint density at radius 3 is 2.30 bits per heavy atom. The van der Waals surface area contributed by atoms with Crippen LogP contribution in [-0.2, 0) is 17.9 Å². The van der Waals surface area contributed by atoms with E-state index in [9.17, 15) is 23.2 Å². The van der Waals surface area contributed by atoms with E-state index in [0.29, 0.717) is 21.7 Å². The minimum absolute atomic E-state index is 0.0895. The number of anilines is 1. The number of hydroxylamine groups is 1. The van der Waals surface area contributed by atoms with Gasteiger partial charge in [0.25, 0.3) is 5.56 Å². The largest absolute Gasteiger partial charge is 0.480 e. The van der Waals surface area contributed by atoms with Crippen molar-refractivity contribution in [2.24, 2.45) is 0 Å². The van der Waals surface area contributed by atoms with Crippen LogP contribution in [0.5, 0.6) is 5.88 Å². The smallest absolute Gasteiger partial charge is 0.343 e. The molecule has 43 heavy (non-hydrogen) atoms. The standard InChI is InChI=1S/C28H25F2N7O5S/c1-31-13-17-23-25(38)37(21-11-12-22(41-2)34-33-21)28(40)36(14-18-19(29)5-4-6-20(18)30)26(23)43-24(17)15-7-9-16(10-8-15)32-27(39)35-42-3/h4-12,31H,13-14H2,1-3H3,(H2,32,35,39). The molecular formula is C28H25F2N7O5S. The van der Waals surface area contributed by atoms with Gasteiger partial charge in [0.1, 0.15) is 16.5 Å². The third-order valence-corrected chi connectivity index (χ3v) is 7.77. The van der Waals surface area contributed by atoms with Crippen LogP contribution in [0.4, 0.5) is 19.3 Å². The van der Waals surface area contributed by atoms with E-state index in [0.717, 1.165) is 32.6 Å². The van der Waals surface area contributed by atoms with Crippen molar-refractivity contribution in [2.75, 3.05) is 26.6 Å². The summed E-state index contributed by atoms with van der Waals surface area (Å²) in [6.07, 6.45) is 0. The lowest BCUT2D eigenvalue weighted by Gasteiger charge is -2.13. The first-order valence-corrected chi connectivity index (χ1v) is 13.6. The summed E-state index contributed by atoms with van der Waals surface area (Å²) in [6, 6.07) is 12.5. The third kappa shape index (κ3) is 5.73. The highest BCUT2D eigenvalue weighted by molar-refractivity contribution is 7.22. The molecule has 0 radical (unpaired) electrons. The second kappa shape index (κ2) is 12.5. The molecule has 12 nitrogen and oxygen atoms in total. The van der Waals surface area contributed by atoms with Crippen LogP contribution in [0.25, 0.3) is 26.5 Å². The number of fused-ring (bicyclic) bond motifs is 1. The molecule has 0 saturated carbocycles. The molecule has 3 N–H and O–H groups in total. The van der Waals surface area contributed by atoms with E-state index in [1.54, 1.807) is 31.3 Å². The Bertz CT molecular complexity index is 1900. The van der Waals surface area contributed by atoms with Crippen LogP contribution in [0.2, 0.25) is 0 Å². The molecule has 5 aromatic rings. The fraction of sp³-hybridized carbons (Fsp3) is 0.179. The van der Waals surface area contributed by atoms with Gasteiger partial charge in [0.2, 0.25) is 5.88 Å². The number of nitrogens with one attached hydrogen (secondary N) is 3. The molecule has 2 amide bonds. The third-order valence-electron chi connectivity index (χ3n) is 6.47. The average Bonchev–Trinajstić information content (AvgIpc) is 3.37. The zero-order valence-electron chi connectivity index (χ0n) is 23.1. The molecule has 5 rings (SSSR count). The second-order valence-electron chi connectivity index (χ2n) is 9.10. The summed E-state index contributed by atoms with van der Waals surface area (Å²) in [5.41, 5.74) is 2.00. The Kier molecular flexibility index (Phi) is 8.56. The SMILES string of the molecule is CNCc1c(-c2ccc(NC(=O)NOC)cc2)sc2c1c(=O)n(-c1ccc(OC)nn1)c(=O)n2Cc1c(F)cccc1F. The first kappa shape index (κ1) is 29.5. The summed E-state index contributed by atoms with van der Waals surface area (Å²) in [4.78, 5) is 45.2. The fourth-order valence-corrected chi connectivity index (χ4v) is 5.84. The monoisotopic (exact) mass is 609 g/mol. The van der Waals surface area contributed by atoms with E-state index in [2.05, 4.69) is 31.1 Å². The number of hydrogen-bond acceptors (Lipinski definition) is 9. The number of benzene rings is 2. The van der Waals surface area contributed by atoms with Gasteiger partial charge in [0, 0.05) is 28.7 Å². The minimum Gasteiger partial charge on any atom is -0.480 e. The molecule has 0 atom stereocenters. The molecule has 0 unspecified atom stereocenters. The maximum Gasteiger partial charge on any atom is 0.343 e. The van der Waals surface area contributed by atoms with Crippen LogP contribution >= 0.6 is 11.3 Å². The number of thiophene rings is 1. The quantitative estimate of drug-likeness (QED) is 0.216. The number of methoxy groups -OCH3 is 1. The van der Waals surface area contributed by atoms with Crippen LogP contribution < -0.4 is 32.1 Å². The van der Waals surface area contributed by atoms with Gasteiger partial charge < -0.3 is 15.4 Å². The van der Waals surface area contributed by atoms with E-state index in [1.165, 1.54) is 32.4 Å². The van der Waals surface area contributed by atoms with Gasteiger partial charge in [-0.05, 0) is 48.5 Å². The summed E-state index contributed by atoms with van der Waals surface area (Å²) in [6.45, 7) is -0.268. The van der Waals surface area contributed by atoms with Gasteiger partial charge in [0.15, 0.2) is 5.82 Å². The molecule has 0 spiro atoms. The van der Waals surface area contributed by atoms with Crippen molar-refractivity contribution in [3.8, 4) is 22.1 Å². The molecule has 3 heterocycles. The van der Waals surface area contributed by atoms with Crippen LogP contribution in [0.3, 0.4) is 0 Å². The van der Waals surface area contributed by atoms with Gasteiger partial charge in [-0.3, -0.25) is 14.2 Å². The fourth-order valence-electron chi connectivity index (χ4n) is 4.53. The van der Waals surface area contributed by atoms with Gasteiger partial charge >= 0.3 is 11.7 Å². The molecule has 0 fully saturated rings. The van der Waals surface area contributed by atoms with Gasteiger partial charge in [-0.2, -0.15) is 0 Å². The van der Waals surface area contributed by atoms with Crippen molar-refractivity contribution in [3.63, 3.8) is 0 Å². The number of aromatic nitrogens is 4. The Labute approximate surface area is 246 Å². The van der Waals surface area contributed by atoms with Crippen molar-refractivity contribution in [1.29, 1.82) is 0 Å². The Morgan fingerprint density at radius 1 is 0.977 bits per heavy atom. The predicted octanol–water partition coefficient (Wildman–Crippen LogP) is 3.41. The first-order valence-electron chi connectivity index (χ1n) is 12.7. The van der Waals surface area contributed by atoms with E-state index >= 15 is 0 Å². The highest BCUT2D eigenvalue weighted by Crippen LogP contribution is 2.38. The maximum absolute atomic E-state index is 14.8. The lowest BCUT2D eigenvalue weighted by Crippen LogP contribution is -2.39. The molecule has 222 valence electrons. The molecule has 3 aromatic heterocycles. The van der Waals surface area contributed by atoms with Gasteiger partial charge in [-0.25, -0.2) is 28.4 Å². The van der Waals surface area contributed by atoms with Crippen molar-refractivity contribution in [2.45, 2.75) is 13.1 Å². The average molecular weight is 610 g/mol. The number of hydrogen-bond donors (Lipinski definition) is 3. The number of rotatable bonds is 9. The van der Waals surface area contributed by atoms with Crippen molar-refractivity contribution in [3.05, 3.63) is 98.2 Å². The van der Waals surface area contributed by atoms with Crippen molar-refractivity contribution >= 4 is 33.3 Å². The van der Waals surface area contributed by atoms with Crippen molar-refractivity contribution in [1.82, 2.24) is 30.1 Å². The Balaban J connectivity index is 1.77. The number of nitrogens with zero attached hydrogens (tertiary/aromatic N) is 4. The number of carbonyl (C=O) groups excluding carboxylic acids is 1. The zero-order valence-corrected chi connectivity index (χ0v) is 23.9. The van der Waals surface area contributed by atoms with Crippen LogP contribution in [-0.4, -0.2) is 46.6 Å². The Hall–Kier alpha value is -4.99. The minimum atomic E-state index is -0.855. The second-order valence-corrected chi connectivity index (χ2v) is 10.1. The van der Waals surface area contributed by atoms with E-state index in [4.69, 9.17) is 4.74 Å². The lowest BCUT2D eigenvalue weighted by molar-refractivity contribution is 0.114. The number of halogens is 2. The molecule has 0 bridgehead atoms. The summed E-state index contributed by atoms with van der Waals surface area (Å²) < 4.78 is 36.6. The number of amides is 2. The molecule has 0 aliphatic heterocycles. The van der Waals surface area contributed by atoms with E-state index < -0.39 is 35.5 Å². The molecule has 0 saturated heterocycles. The summed E-state index contributed by atoms with van der Waals surface area (Å²) in [5, 5.41) is 13.7. The summed E-state index contributed by atoms with van der Waals surface area (Å²) in [7, 11) is 4.40. The molecule has 0 aliphatic rings. The Morgan fingerprint density at radius 2 is 1.70 bits per heavy atom. The zero-order chi connectivity index (χ0) is 30.7. The topological polar surface area (TPSA) is 141 Å². The highest BCUT2D eigenvalue weighted by Gasteiger charge is 2.25. The molecule has 15 heteroatoms. The van der Waals surface area contributed by atoms with Crippen LogP contribution in [0.15, 0.2) is 64.2 Å².